The number of halogens is 1. The molecule has 0 bridgehead atoms. The van der Waals surface area contributed by atoms with Gasteiger partial charge in [0, 0.05) is 5.54 Å². The second-order valence-electron chi connectivity index (χ2n) is 8.37. The molecule has 1 N–H and O–H groups in total. The summed E-state index contributed by atoms with van der Waals surface area (Å²) in [5.74, 6) is -1.25. The molecule has 5 nitrogen and oxygen atoms in total. The van der Waals surface area contributed by atoms with Gasteiger partial charge in [0.25, 0.3) is 10.0 Å². The lowest BCUT2D eigenvalue weighted by Crippen LogP contribution is -2.50. The molecule has 0 saturated heterocycles. The summed E-state index contributed by atoms with van der Waals surface area (Å²) in [5, 5.41) is 2.89. The highest BCUT2D eigenvalue weighted by molar-refractivity contribution is 7.92. The molecule has 0 radical (unpaired) electrons. The van der Waals surface area contributed by atoms with Crippen molar-refractivity contribution in [1.29, 1.82) is 0 Å². The van der Waals surface area contributed by atoms with Crippen LogP contribution < -0.4 is 9.62 Å². The fraction of sp³-hybridized carbons (Fsp3) is 0.240. The summed E-state index contributed by atoms with van der Waals surface area (Å²) in [6.45, 7) is 5.02. The second kappa shape index (κ2) is 9.53. The maximum absolute atomic E-state index is 14.6. The maximum Gasteiger partial charge on any atom is 0.264 e. The van der Waals surface area contributed by atoms with E-state index in [-0.39, 0.29) is 10.6 Å². The molecule has 0 aromatic heterocycles. The van der Waals surface area contributed by atoms with Crippen molar-refractivity contribution in [3.8, 4) is 0 Å². The average Bonchev–Trinajstić information content (AvgIpc) is 2.73. The monoisotopic (exact) mass is 454 g/mol. The first kappa shape index (κ1) is 23.5. The van der Waals surface area contributed by atoms with Crippen molar-refractivity contribution >= 4 is 21.6 Å². The van der Waals surface area contributed by atoms with E-state index in [1.165, 1.54) is 36.4 Å². The van der Waals surface area contributed by atoms with Crippen LogP contribution in [0.4, 0.5) is 10.1 Å². The highest BCUT2D eigenvalue weighted by atomic mass is 32.2. The molecule has 0 aliphatic carbocycles. The van der Waals surface area contributed by atoms with Gasteiger partial charge >= 0.3 is 0 Å². The number of carbonyl (C=O) groups is 1. The second-order valence-corrected chi connectivity index (χ2v) is 10.2. The number of aryl methyl sites for hydroxylation is 1. The number of nitrogens with zero attached hydrogens (tertiary/aromatic N) is 1. The molecule has 7 heteroatoms. The Balaban J connectivity index is 1.88. The molecule has 0 fully saturated rings. The molecule has 1 amide bonds. The smallest absolute Gasteiger partial charge is 0.264 e. The Bertz CT molecular complexity index is 1180. The first-order chi connectivity index (χ1) is 15.1. The van der Waals surface area contributed by atoms with Crippen LogP contribution in [0.5, 0.6) is 0 Å². The lowest BCUT2D eigenvalue weighted by Gasteiger charge is -2.29. The van der Waals surface area contributed by atoms with Gasteiger partial charge in [-0.15, -0.1) is 0 Å². The molecule has 0 atom stereocenters. The summed E-state index contributed by atoms with van der Waals surface area (Å²) in [5.41, 5.74) is 1.12. The topological polar surface area (TPSA) is 66.5 Å². The van der Waals surface area contributed by atoms with Crippen LogP contribution in [0.15, 0.2) is 83.8 Å². The number of carbonyl (C=O) groups excluding carboxylic acids is 1. The molecule has 32 heavy (non-hydrogen) atoms. The molecule has 168 valence electrons. The minimum absolute atomic E-state index is 0.0114. The third-order valence-corrected chi connectivity index (χ3v) is 6.76. The van der Waals surface area contributed by atoms with Gasteiger partial charge in [0.1, 0.15) is 12.4 Å². The summed E-state index contributed by atoms with van der Waals surface area (Å²) in [7, 11) is -4.17. The van der Waals surface area contributed by atoms with Gasteiger partial charge in [0.2, 0.25) is 5.91 Å². The Morgan fingerprint density at radius 1 is 0.938 bits per heavy atom. The number of amides is 1. The number of rotatable bonds is 8. The summed E-state index contributed by atoms with van der Waals surface area (Å²) in [4.78, 5) is 12.9. The first-order valence-corrected chi connectivity index (χ1v) is 11.7. The van der Waals surface area contributed by atoms with Crippen LogP contribution >= 0.6 is 0 Å². The van der Waals surface area contributed by atoms with Crippen LogP contribution in [0.1, 0.15) is 25.0 Å². The summed E-state index contributed by atoms with van der Waals surface area (Å²) in [6.07, 6.45) is 0.560. The van der Waals surface area contributed by atoms with Crippen molar-refractivity contribution in [3.05, 3.63) is 95.8 Å². The summed E-state index contributed by atoms with van der Waals surface area (Å²) >= 11 is 0. The third kappa shape index (κ3) is 5.73. The number of nitrogens with one attached hydrogen (secondary N) is 1. The SMILES string of the molecule is Cc1ccc(S(=O)(=O)N(CC(=O)NC(C)(C)Cc2ccccc2)c2ccccc2F)cc1. The van der Waals surface area contributed by atoms with Gasteiger partial charge in [-0.25, -0.2) is 12.8 Å². The number of sulfonamides is 1. The van der Waals surface area contributed by atoms with Crippen molar-refractivity contribution in [2.45, 2.75) is 37.6 Å². The number of anilines is 1. The van der Waals surface area contributed by atoms with E-state index >= 15 is 0 Å². The predicted octanol–water partition coefficient (Wildman–Crippen LogP) is 4.47. The Labute approximate surface area is 188 Å². The number of benzene rings is 3. The van der Waals surface area contributed by atoms with Gasteiger partial charge < -0.3 is 5.32 Å². The van der Waals surface area contributed by atoms with E-state index in [0.29, 0.717) is 6.42 Å². The first-order valence-electron chi connectivity index (χ1n) is 10.3. The van der Waals surface area contributed by atoms with Crippen LogP contribution in [0.3, 0.4) is 0 Å². The van der Waals surface area contributed by atoms with E-state index in [9.17, 15) is 17.6 Å². The van der Waals surface area contributed by atoms with Crippen LogP contribution in [0, 0.1) is 12.7 Å². The van der Waals surface area contributed by atoms with E-state index in [2.05, 4.69) is 5.32 Å². The zero-order valence-corrected chi connectivity index (χ0v) is 19.2. The van der Waals surface area contributed by atoms with E-state index in [4.69, 9.17) is 0 Å². The van der Waals surface area contributed by atoms with Gasteiger partial charge in [0.15, 0.2) is 0 Å². The van der Waals surface area contributed by atoms with Crippen LogP contribution in [0.25, 0.3) is 0 Å². The fourth-order valence-electron chi connectivity index (χ4n) is 3.49. The van der Waals surface area contributed by atoms with E-state index in [0.717, 1.165) is 15.4 Å². The Morgan fingerprint density at radius 3 is 2.16 bits per heavy atom. The van der Waals surface area contributed by atoms with Crippen LogP contribution in [0.2, 0.25) is 0 Å². The van der Waals surface area contributed by atoms with Gasteiger partial charge in [-0.05, 0) is 57.0 Å². The minimum atomic E-state index is -4.17. The molecular formula is C25H27FN2O3S. The minimum Gasteiger partial charge on any atom is -0.349 e. The van der Waals surface area contributed by atoms with Gasteiger partial charge in [-0.3, -0.25) is 9.10 Å². The lowest BCUT2D eigenvalue weighted by atomic mass is 9.95. The van der Waals surface area contributed by atoms with Gasteiger partial charge in [-0.1, -0.05) is 60.2 Å². The zero-order chi connectivity index (χ0) is 23.4. The van der Waals surface area contributed by atoms with Crippen LogP contribution in [-0.4, -0.2) is 26.4 Å². The number of hydrogen-bond donors (Lipinski definition) is 1. The van der Waals surface area contributed by atoms with Gasteiger partial charge in [-0.2, -0.15) is 0 Å². The number of hydrogen-bond acceptors (Lipinski definition) is 3. The molecule has 3 aromatic carbocycles. The molecular weight excluding hydrogens is 427 g/mol. The molecule has 3 aromatic rings. The van der Waals surface area contributed by atoms with E-state index in [1.807, 2.05) is 51.1 Å². The van der Waals surface area contributed by atoms with Crippen molar-refractivity contribution < 1.29 is 17.6 Å². The fourth-order valence-corrected chi connectivity index (χ4v) is 4.92. The number of para-hydroxylation sites is 1. The Hall–Kier alpha value is -3.19. The Morgan fingerprint density at radius 2 is 1.53 bits per heavy atom. The molecule has 0 saturated carbocycles. The van der Waals surface area contributed by atoms with Crippen molar-refractivity contribution in [2.24, 2.45) is 0 Å². The predicted molar refractivity (Wildman–Crippen MR) is 124 cm³/mol. The standard InChI is InChI=1S/C25H27FN2O3S/c1-19-13-15-21(16-14-19)32(30,31)28(23-12-8-7-11-22(23)26)18-24(29)27-25(2,3)17-20-9-5-4-6-10-20/h4-16H,17-18H2,1-3H3,(H,27,29). The summed E-state index contributed by atoms with van der Waals surface area (Å²) < 4.78 is 42.1. The lowest BCUT2D eigenvalue weighted by molar-refractivity contribution is -0.121. The molecule has 0 heterocycles. The van der Waals surface area contributed by atoms with Crippen molar-refractivity contribution in [2.75, 3.05) is 10.8 Å². The average molecular weight is 455 g/mol. The quantitative estimate of drug-likeness (QED) is 0.546. The van der Waals surface area contributed by atoms with E-state index < -0.39 is 33.8 Å². The highest BCUT2D eigenvalue weighted by Gasteiger charge is 2.31. The zero-order valence-electron chi connectivity index (χ0n) is 18.4. The highest BCUT2D eigenvalue weighted by Crippen LogP contribution is 2.26. The molecule has 0 unspecified atom stereocenters. The van der Waals surface area contributed by atoms with Crippen LogP contribution in [-0.2, 0) is 21.2 Å². The summed E-state index contributed by atoms with van der Waals surface area (Å²) in [6, 6.07) is 21.4. The maximum atomic E-state index is 14.6. The molecule has 3 rings (SSSR count). The van der Waals surface area contributed by atoms with Gasteiger partial charge in [0.05, 0.1) is 10.6 Å². The molecule has 0 aliphatic heterocycles. The molecule has 0 aliphatic rings. The molecule has 0 spiro atoms. The van der Waals surface area contributed by atoms with E-state index in [1.54, 1.807) is 12.1 Å². The van der Waals surface area contributed by atoms with Crippen molar-refractivity contribution in [3.63, 3.8) is 0 Å². The Kier molecular flexibility index (Phi) is 6.99. The largest absolute Gasteiger partial charge is 0.349 e. The normalized spacial score (nSPS) is 11.8. The third-order valence-electron chi connectivity index (χ3n) is 4.98. The van der Waals surface area contributed by atoms with Crippen molar-refractivity contribution in [1.82, 2.24) is 5.32 Å².